The molecule has 0 aliphatic carbocycles. The van der Waals surface area contributed by atoms with E-state index in [-0.39, 0.29) is 5.91 Å². The lowest BCUT2D eigenvalue weighted by atomic mass is 10.0. The Labute approximate surface area is 102 Å². The van der Waals surface area contributed by atoms with Crippen LogP contribution >= 0.6 is 0 Å². The molecule has 0 unspecified atom stereocenters. The molecule has 1 aliphatic rings. The maximum Gasteiger partial charge on any atom is 0.246 e. The van der Waals surface area contributed by atoms with Gasteiger partial charge in [-0.15, -0.1) is 0 Å². The molecule has 1 aromatic heterocycles. The Bertz CT molecular complexity index is 388. The molecule has 3 heteroatoms. The average Bonchev–Trinajstić information content (AvgIpc) is 2.85. The van der Waals surface area contributed by atoms with E-state index >= 15 is 0 Å². The number of hydrogen-bond donors (Lipinski definition) is 0. The van der Waals surface area contributed by atoms with E-state index in [2.05, 4.69) is 11.6 Å². The second-order valence-electron chi connectivity index (χ2n) is 4.43. The van der Waals surface area contributed by atoms with Crippen LogP contribution in [0.25, 0.3) is 0 Å². The summed E-state index contributed by atoms with van der Waals surface area (Å²) in [6.07, 6.45) is 9.32. The van der Waals surface area contributed by atoms with Crippen LogP contribution in [0.15, 0.2) is 37.2 Å². The summed E-state index contributed by atoms with van der Waals surface area (Å²) in [6, 6.07) is 4.46. The molecule has 0 radical (unpaired) electrons. The average molecular weight is 230 g/mol. The molecule has 1 saturated heterocycles. The summed E-state index contributed by atoms with van der Waals surface area (Å²) in [7, 11) is 0. The van der Waals surface area contributed by atoms with Gasteiger partial charge in [-0.25, -0.2) is 0 Å². The van der Waals surface area contributed by atoms with E-state index in [0.717, 1.165) is 32.2 Å². The Balaban J connectivity index is 1.90. The van der Waals surface area contributed by atoms with Crippen LogP contribution in [-0.4, -0.2) is 28.4 Å². The van der Waals surface area contributed by atoms with Crippen molar-refractivity contribution in [2.24, 2.45) is 0 Å². The minimum atomic E-state index is 0.0715. The van der Waals surface area contributed by atoms with Gasteiger partial charge in [0.15, 0.2) is 0 Å². The van der Waals surface area contributed by atoms with Gasteiger partial charge in [0.05, 0.1) is 0 Å². The SMILES string of the molecule is C=CC(=O)N1CCC[C@@H]1CCc1ccncc1. The van der Waals surface area contributed by atoms with Gasteiger partial charge < -0.3 is 4.90 Å². The number of aryl methyl sites for hydroxylation is 1. The number of carbonyl (C=O) groups is 1. The van der Waals surface area contributed by atoms with E-state index < -0.39 is 0 Å². The highest BCUT2D eigenvalue weighted by molar-refractivity contribution is 5.87. The summed E-state index contributed by atoms with van der Waals surface area (Å²) in [4.78, 5) is 17.6. The van der Waals surface area contributed by atoms with E-state index in [1.807, 2.05) is 29.4 Å². The van der Waals surface area contributed by atoms with E-state index in [4.69, 9.17) is 0 Å². The van der Waals surface area contributed by atoms with Gasteiger partial charge in [-0.1, -0.05) is 6.58 Å². The van der Waals surface area contributed by atoms with Crippen LogP contribution in [0.5, 0.6) is 0 Å². The van der Waals surface area contributed by atoms with Crippen molar-refractivity contribution in [2.75, 3.05) is 6.54 Å². The number of hydrogen-bond acceptors (Lipinski definition) is 2. The van der Waals surface area contributed by atoms with E-state index in [9.17, 15) is 4.79 Å². The van der Waals surface area contributed by atoms with Crippen LogP contribution in [0.3, 0.4) is 0 Å². The lowest BCUT2D eigenvalue weighted by Gasteiger charge is -2.23. The van der Waals surface area contributed by atoms with E-state index in [0.29, 0.717) is 6.04 Å². The standard InChI is InChI=1S/C14H18N2O/c1-2-14(17)16-11-3-4-13(16)6-5-12-7-9-15-10-8-12/h2,7-10,13H,1,3-6,11H2/t13-/m1/s1. The topological polar surface area (TPSA) is 33.2 Å². The van der Waals surface area contributed by atoms with Crippen molar-refractivity contribution in [1.29, 1.82) is 0 Å². The molecule has 2 heterocycles. The molecule has 0 aromatic carbocycles. The maximum atomic E-state index is 11.6. The van der Waals surface area contributed by atoms with Gasteiger partial charge in [0, 0.05) is 25.0 Å². The Kier molecular flexibility index (Phi) is 3.91. The smallest absolute Gasteiger partial charge is 0.246 e. The third kappa shape index (κ3) is 2.93. The fraction of sp³-hybridized carbons (Fsp3) is 0.429. The predicted octanol–water partition coefficient (Wildman–Crippen LogP) is 2.19. The van der Waals surface area contributed by atoms with E-state index in [1.54, 1.807) is 0 Å². The number of aromatic nitrogens is 1. The molecule has 3 nitrogen and oxygen atoms in total. The summed E-state index contributed by atoms with van der Waals surface area (Å²) in [6.45, 7) is 4.44. The monoisotopic (exact) mass is 230 g/mol. The molecule has 1 aliphatic heterocycles. The number of pyridine rings is 1. The molecule has 1 atom stereocenters. The molecule has 0 spiro atoms. The highest BCUT2D eigenvalue weighted by Gasteiger charge is 2.26. The van der Waals surface area contributed by atoms with Gasteiger partial charge in [0.1, 0.15) is 0 Å². The molecule has 0 saturated carbocycles. The Hall–Kier alpha value is -1.64. The normalized spacial score (nSPS) is 19.3. The van der Waals surface area contributed by atoms with Crippen LogP contribution in [0.1, 0.15) is 24.8 Å². The minimum Gasteiger partial charge on any atom is -0.336 e. The first-order valence-electron chi connectivity index (χ1n) is 6.13. The fourth-order valence-corrected chi connectivity index (χ4v) is 2.43. The van der Waals surface area contributed by atoms with Gasteiger partial charge >= 0.3 is 0 Å². The van der Waals surface area contributed by atoms with Crippen molar-refractivity contribution in [3.63, 3.8) is 0 Å². The van der Waals surface area contributed by atoms with Crippen LogP contribution in [0.2, 0.25) is 0 Å². The largest absolute Gasteiger partial charge is 0.336 e. The van der Waals surface area contributed by atoms with Crippen molar-refractivity contribution in [1.82, 2.24) is 9.88 Å². The van der Waals surface area contributed by atoms with Crippen molar-refractivity contribution in [3.05, 3.63) is 42.7 Å². The molecular formula is C14H18N2O. The van der Waals surface area contributed by atoms with Gasteiger partial charge in [-0.3, -0.25) is 9.78 Å². The van der Waals surface area contributed by atoms with Gasteiger partial charge in [0.25, 0.3) is 0 Å². The fourth-order valence-electron chi connectivity index (χ4n) is 2.43. The summed E-state index contributed by atoms with van der Waals surface area (Å²) in [5, 5.41) is 0. The highest BCUT2D eigenvalue weighted by atomic mass is 16.2. The zero-order valence-electron chi connectivity index (χ0n) is 10.0. The van der Waals surface area contributed by atoms with Crippen molar-refractivity contribution >= 4 is 5.91 Å². The molecule has 1 amide bonds. The summed E-state index contributed by atoms with van der Waals surface area (Å²) >= 11 is 0. The number of amides is 1. The third-order valence-electron chi connectivity index (χ3n) is 3.35. The first-order chi connectivity index (χ1) is 8.31. The number of rotatable bonds is 4. The molecule has 0 N–H and O–H groups in total. The highest BCUT2D eigenvalue weighted by Crippen LogP contribution is 2.21. The molecule has 0 bridgehead atoms. The number of likely N-dealkylation sites (tertiary alicyclic amines) is 1. The molecular weight excluding hydrogens is 212 g/mol. The zero-order valence-corrected chi connectivity index (χ0v) is 10.0. The summed E-state index contributed by atoms with van der Waals surface area (Å²) in [5.41, 5.74) is 1.29. The van der Waals surface area contributed by atoms with E-state index in [1.165, 1.54) is 11.6 Å². The maximum absolute atomic E-state index is 11.6. The first kappa shape index (κ1) is 11.8. The van der Waals surface area contributed by atoms with Gasteiger partial charge in [-0.2, -0.15) is 0 Å². The van der Waals surface area contributed by atoms with Gasteiger partial charge in [-0.05, 0) is 49.5 Å². The molecule has 1 fully saturated rings. The number of nitrogens with zero attached hydrogens (tertiary/aromatic N) is 2. The Morgan fingerprint density at radius 2 is 2.29 bits per heavy atom. The zero-order chi connectivity index (χ0) is 12.1. The summed E-state index contributed by atoms with van der Waals surface area (Å²) in [5.74, 6) is 0.0715. The van der Waals surface area contributed by atoms with Gasteiger partial charge in [0.2, 0.25) is 5.91 Å². The minimum absolute atomic E-state index is 0.0715. The third-order valence-corrected chi connectivity index (χ3v) is 3.35. The molecule has 1 aromatic rings. The van der Waals surface area contributed by atoms with Crippen LogP contribution in [0.4, 0.5) is 0 Å². The Morgan fingerprint density at radius 3 is 3.00 bits per heavy atom. The lowest BCUT2D eigenvalue weighted by Crippen LogP contribution is -2.34. The van der Waals surface area contributed by atoms with Crippen molar-refractivity contribution in [3.8, 4) is 0 Å². The van der Waals surface area contributed by atoms with Crippen molar-refractivity contribution in [2.45, 2.75) is 31.7 Å². The molecule has 90 valence electrons. The first-order valence-corrected chi connectivity index (χ1v) is 6.13. The van der Waals surface area contributed by atoms with Crippen LogP contribution in [0, 0.1) is 0 Å². The molecule has 17 heavy (non-hydrogen) atoms. The van der Waals surface area contributed by atoms with Crippen LogP contribution < -0.4 is 0 Å². The quantitative estimate of drug-likeness (QED) is 0.743. The summed E-state index contributed by atoms with van der Waals surface area (Å²) < 4.78 is 0. The second kappa shape index (κ2) is 5.62. The van der Waals surface area contributed by atoms with Crippen LogP contribution in [-0.2, 0) is 11.2 Å². The number of carbonyl (C=O) groups excluding carboxylic acids is 1. The Morgan fingerprint density at radius 1 is 1.53 bits per heavy atom. The lowest BCUT2D eigenvalue weighted by molar-refractivity contribution is -0.126. The van der Waals surface area contributed by atoms with Crippen molar-refractivity contribution < 1.29 is 4.79 Å². The predicted molar refractivity (Wildman–Crippen MR) is 67.5 cm³/mol. The molecule has 2 rings (SSSR count). The second-order valence-corrected chi connectivity index (χ2v) is 4.43.